The van der Waals surface area contributed by atoms with Gasteiger partial charge in [-0.25, -0.2) is 0 Å². The van der Waals surface area contributed by atoms with E-state index in [1.807, 2.05) is 0 Å². The van der Waals surface area contributed by atoms with Crippen LogP contribution < -0.4 is 5.73 Å². The van der Waals surface area contributed by atoms with Gasteiger partial charge in [0, 0.05) is 31.2 Å². The van der Waals surface area contributed by atoms with Gasteiger partial charge >= 0.3 is 0 Å². The molecule has 2 heterocycles. The smallest absolute Gasteiger partial charge is 0.0702 e. The maximum Gasteiger partial charge on any atom is 0.0702 e. The number of hydrogen-bond donors (Lipinski definition) is 1. The maximum atomic E-state index is 5.98. The van der Waals surface area contributed by atoms with Crippen LogP contribution in [0, 0.1) is 5.92 Å². The first-order valence-electron chi connectivity index (χ1n) is 5.83. The van der Waals surface area contributed by atoms with E-state index in [4.69, 9.17) is 15.2 Å². The summed E-state index contributed by atoms with van der Waals surface area (Å²) in [5, 5.41) is 0. The summed E-state index contributed by atoms with van der Waals surface area (Å²) in [6.45, 7) is 5.60. The van der Waals surface area contributed by atoms with Crippen LogP contribution in [-0.4, -0.2) is 56.5 Å². The lowest BCUT2D eigenvalue weighted by atomic mass is 10.0. The Labute approximate surface area is 91.7 Å². The van der Waals surface area contributed by atoms with Crippen molar-refractivity contribution in [3.05, 3.63) is 0 Å². The summed E-state index contributed by atoms with van der Waals surface area (Å²) in [5.41, 5.74) is 5.98. The van der Waals surface area contributed by atoms with Gasteiger partial charge in [-0.05, 0) is 20.4 Å². The first-order valence-corrected chi connectivity index (χ1v) is 5.83. The molecule has 0 aromatic carbocycles. The third-order valence-corrected chi connectivity index (χ3v) is 3.67. The fourth-order valence-electron chi connectivity index (χ4n) is 2.61. The highest BCUT2D eigenvalue weighted by Gasteiger charge is 2.32. The second-order valence-electron chi connectivity index (χ2n) is 4.83. The van der Waals surface area contributed by atoms with Crippen LogP contribution in [0.2, 0.25) is 0 Å². The van der Waals surface area contributed by atoms with Gasteiger partial charge in [0.15, 0.2) is 0 Å². The highest BCUT2D eigenvalue weighted by Crippen LogP contribution is 2.21. The topological polar surface area (TPSA) is 47.7 Å². The van der Waals surface area contributed by atoms with E-state index in [9.17, 15) is 0 Å². The lowest BCUT2D eigenvalue weighted by Gasteiger charge is -2.29. The highest BCUT2D eigenvalue weighted by atomic mass is 16.5. The Balaban J connectivity index is 1.83. The Morgan fingerprint density at radius 2 is 2.20 bits per heavy atom. The van der Waals surface area contributed by atoms with E-state index in [-0.39, 0.29) is 6.04 Å². The van der Waals surface area contributed by atoms with Gasteiger partial charge in [-0.2, -0.15) is 0 Å². The summed E-state index contributed by atoms with van der Waals surface area (Å²) in [4.78, 5) is 2.39. The average molecular weight is 214 g/mol. The first-order chi connectivity index (χ1) is 7.18. The van der Waals surface area contributed by atoms with Gasteiger partial charge in [-0.3, -0.25) is 0 Å². The van der Waals surface area contributed by atoms with E-state index in [0.29, 0.717) is 18.1 Å². The second-order valence-corrected chi connectivity index (χ2v) is 4.83. The normalized spacial score (nSPS) is 41.6. The number of ether oxygens (including phenoxy) is 2. The summed E-state index contributed by atoms with van der Waals surface area (Å²) >= 11 is 0. The molecular weight excluding hydrogens is 192 g/mol. The lowest BCUT2D eigenvalue weighted by molar-refractivity contribution is 0.0760. The van der Waals surface area contributed by atoms with Crippen LogP contribution in [0.4, 0.5) is 0 Å². The van der Waals surface area contributed by atoms with E-state index >= 15 is 0 Å². The fraction of sp³-hybridized carbons (Fsp3) is 1.00. The molecule has 2 rings (SSSR count). The molecule has 4 heteroatoms. The molecule has 2 aliphatic rings. The van der Waals surface area contributed by atoms with Crippen molar-refractivity contribution in [3.63, 3.8) is 0 Å². The zero-order valence-electron chi connectivity index (χ0n) is 9.69. The minimum atomic E-state index is 0.213. The van der Waals surface area contributed by atoms with Gasteiger partial charge in [0.1, 0.15) is 0 Å². The number of hydrogen-bond acceptors (Lipinski definition) is 4. The van der Waals surface area contributed by atoms with E-state index < -0.39 is 0 Å². The molecule has 4 atom stereocenters. The molecule has 2 saturated heterocycles. The molecule has 15 heavy (non-hydrogen) atoms. The molecule has 0 aliphatic carbocycles. The van der Waals surface area contributed by atoms with E-state index in [1.165, 1.54) is 0 Å². The summed E-state index contributed by atoms with van der Waals surface area (Å²) in [7, 11) is 2.17. The van der Waals surface area contributed by atoms with Crippen molar-refractivity contribution >= 4 is 0 Å². The quantitative estimate of drug-likeness (QED) is 0.722. The van der Waals surface area contributed by atoms with Crippen molar-refractivity contribution in [1.82, 2.24) is 4.90 Å². The highest BCUT2D eigenvalue weighted by molar-refractivity contribution is 4.85. The van der Waals surface area contributed by atoms with Gasteiger partial charge in [-0.15, -0.1) is 0 Å². The van der Waals surface area contributed by atoms with Crippen LogP contribution in [0.3, 0.4) is 0 Å². The number of nitrogens with two attached hydrogens (primary N) is 1. The summed E-state index contributed by atoms with van der Waals surface area (Å²) in [6, 6.07) is 0.767. The SMILES string of the molecule is CC1OCCC1N(C)CC1COCC1N. The molecule has 0 aromatic rings. The van der Waals surface area contributed by atoms with Crippen LogP contribution in [-0.2, 0) is 9.47 Å². The monoisotopic (exact) mass is 214 g/mol. The standard InChI is InChI=1S/C11H22N2O2/c1-8-11(3-4-15-8)13(2)5-9-6-14-7-10(9)12/h8-11H,3-7,12H2,1-2H3. The van der Waals surface area contributed by atoms with Crippen LogP contribution >= 0.6 is 0 Å². The summed E-state index contributed by atoms with van der Waals surface area (Å²) < 4.78 is 11.0. The Kier molecular flexibility index (Phi) is 3.61. The van der Waals surface area contributed by atoms with Gasteiger partial charge in [0.2, 0.25) is 0 Å². The Morgan fingerprint density at radius 1 is 1.40 bits per heavy atom. The van der Waals surface area contributed by atoms with E-state index in [2.05, 4.69) is 18.9 Å². The van der Waals surface area contributed by atoms with Crippen molar-refractivity contribution < 1.29 is 9.47 Å². The van der Waals surface area contributed by atoms with Crippen LogP contribution in [0.1, 0.15) is 13.3 Å². The second kappa shape index (κ2) is 4.78. The molecule has 0 amide bonds. The Morgan fingerprint density at radius 3 is 2.73 bits per heavy atom. The molecule has 2 fully saturated rings. The third kappa shape index (κ3) is 2.50. The van der Waals surface area contributed by atoms with Crippen molar-refractivity contribution in [1.29, 1.82) is 0 Å². The molecule has 0 aromatic heterocycles. The molecule has 2 N–H and O–H groups in total. The minimum absolute atomic E-state index is 0.213. The molecule has 0 saturated carbocycles. The van der Waals surface area contributed by atoms with Gasteiger partial charge in [0.05, 0.1) is 19.3 Å². The lowest BCUT2D eigenvalue weighted by Crippen LogP contribution is -2.43. The zero-order valence-corrected chi connectivity index (χ0v) is 9.69. The Bertz CT molecular complexity index is 213. The predicted octanol–water partition coefficient (Wildman–Crippen LogP) is 0.0693. The molecule has 4 unspecified atom stereocenters. The number of rotatable bonds is 3. The van der Waals surface area contributed by atoms with Crippen LogP contribution in [0.25, 0.3) is 0 Å². The maximum absolute atomic E-state index is 5.98. The molecule has 4 nitrogen and oxygen atoms in total. The Hall–Kier alpha value is -0.160. The third-order valence-electron chi connectivity index (χ3n) is 3.67. The molecule has 0 bridgehead atoms. The molecule has 0 spiro atoms. The van der Waals surface area contributed by atoms with Crippen molar-refractivity contribution in [2.75, 3.05) is 33.4 Å². The predicted molar refractivity (Wildman–Crippen MR) is 58.7 cm³/mol. The van der Waals surface area contributed by atoms with Crippen molar-refractivity contribution in [2.45, 2.75) is 31.5 Å². The van der Waals surface area contributed by atoms with E-state index in [1.54, 1.807) is 0 Å². The van der Waals surface area contributed by atoms with Gasteiger partial charge in [-0.1, -0.05) is 0 Å². The molecule has 88 valence electrons. The fourth-order valence-corrected chi connectivity index (χ4v) is 2.61. The summed E-state index contributed by atoms with van der Waals surface area (Å²) in [5.74, 6) is 0.489. The van der Waals surface area contributed by atoms with Crippen LogP contribution in [0.15, 0.2) is 0 Å². The van der Waals surface area contributed by atoms with E-state index in [0.717, 1.165) is 32.8 Å². The minimum Gasteiger partial charge on any atom is -0.379 e. The zero-order chi connectivity index (χ0) is 10.8. The molecule has 0 radical (unpaired) electrons. The molecule has 2 aliphatic heterocycles. The molecular formula is C11H22N2O2. The first kappa shape index (κ1) is 11.3. The summed E-state index contributed by atoms with van der Waals surface area (Å²) in [6.07, 6.45) is 1.49. The van der Waals surface area contributed by atoms with Gasteiger partial charge in [0.25, 0.3) is 0 Å². The van der Waals surface area contributed by atoms with Gasteiger partial charge < -0.3 is 20.1 Å². The van der Waals surface area contributed by atoms with Crippen molar-refractivity contribution in [2.24, 2.45) is 11.7 Å². The number of nitrogens with zero attached hydrogens (tertiary/aromatic N) is 1. The average Bonchev–Trinajstić information content (AvgIpc) is 2.76. The van der Waals surface area contributed by atoms with Crippen LogP contribution in [0.5, 0.6) is 0 Å². The van der Waals surface area contributed by atoms with Crippen molar-refractivity contribution in [3.8, 4) is 0 Å². The largest absolute Gasteiger partial charge is 0.379 e. The number of likely N-dealkylation sites (N-methyl/N-ethyl adjacent to an activating group) is 1.